The first-order valence-corrected chi connectivity index (χ1v) is 11.8. The van der Waals surface area contributed by atoms with Gasteiger partial charge in [-0.1, -0.05) is 6.92 Å². The maximum Gasteiger partial charge on any atom is 0.124 e. The van der Waals surface area contributed by atoms with E-state index in [2.05, 4.69) is 11.8 Å². The molecule has 0 radical (unpaired) electrons. The highest BCUT2D eigenvalue weighted by atomic mass is 16.5. The van der Waals surface area contributed by atoms with Gasteiger partial charge >= 0.3 is 0 Å². The number of hydrogen-bond donors (Lipinski definition) is 3. The van der Waals surface area contributed by atoms with Gasteiger partial charge in [0.2, 0.25) is 0 Å². The van der Waals surface area contributed by atoms with Crippen molar-refractivity contribution in [3.8, 4) is 0 Å². The molecule has 1 saturated heterocycles. The summed E-state index contributed by atoms with van der Waals surface area (Å²) in [6.45, 7) is 3.62. The summed E-state index contributed by atoms with van der Waals surface area (Å²) in [6, 6.07) is 0.0974. The Hall–Kier alpha value is -0.280. The first-order chi connectivity index (χ1) is 14.3. The third-order valence-corrected chi connectivity index (χ3v) is 10.9. The monoisotopic (exact) mass is 423 g/mol. The summed E-state index contributed by atoms with van der Waals surface area (Å²) in [6.07, 6.45) is 2.77. The number of ether oxygens (including phenoxy) is 3. The Morgan fingerprint density at radius 2 is 1.77 bits per heavy atom. The summed E-state index contributed by atoms with van der Waals surface area (Å²) in [5.74, 6) is -0.262. The molecule has 1 aliphatic heterocycles. The van der Waals surface area contributed by atoms with Crippen LogP contribution in [-0.4, -0.2) is 95.8 Å². The van der Waals surface area contributed by atoms with Crippen LogP contribution in [-0.2, 0) is 14.2 Å². The fraction of sp³-hybridized carbons (Fsp3) is 1.00. The van der Waals surface area contributed by atoms with Crippen molar-refractivity contribution in [2.75, 3.05) is 34.4 Å². The number of rotatable bonds is 4. The number of aliphatic hydroxyl groups is 3. The third kappa shape index (κ3) is 1.80. The number of methoxy groups -OCH3 is 3. The smallest absolute Gasteiger partial charge is 0.124 e. The van der Waals surface area contributed by atoms with Crippen LogP contribution in [0.5, 0.6) is 0 Å². The maximum absolute atomic E-state index is 12.4. The highest BCUT2D eigenvalue weighted by Gasteiger charge is 2.88. The topological polar surface area (TPSA) is 91.6 Å². The van der Waals surface area contributed by atoms with E-state index in [0.717, 1.165) is 32.2 Å². The van der Waals surface area contributed by atoms with Gasteiger partial charge in [0.05, 0.1) is 23.9 Å². The molecule has 0 aromatic heterocycles. The molecule has 7 heteroatoms. The lowest BCUT2D eigenvalue weighted by atomic mass is 9.44. The van der Waals surface area contributed by atoms with Gasteiger partial charge in [0.15, 0.2) is 0 Å². The molecule has 7 bridgehead atoms. The van der Waals surface area contributed by atoms with Crippen molar-refractivity contribution in [3.63, 3.8) is 0 Å². The van der Waals surface area contributed by atoms with Gasteiger partial charge in [-0.05, 0) is 38.1 Å². The van der Waals surface area contributed by atoms with E-state index in [1.54, 1.807) is 21.3 Å². The Labute approximate surface area is 178 Å². The van der Waals surface area contributed by atoms with E-state index in [1.807, 2.05) is 0 Å². The molecule has 6 fully saturated rings. The zero-order valence-corrected chi connectivity index (χ0v) is 18.6. The SMILES string of the molecule is CCN1C[C@]2(O)CCC(OC)[C@@]34C1[C@@H](C[C@H]23)[C@@]1(O)C[C@H](OC)[C@@H]2C[C@@H]4[C@]1(O)C2OC. The van der Waals surface area contributed by atoms with Crippen LogP contribution in [0.15, 0.2) is 0 Å². The Morgan fingerprint density at radius 1 is 1.00 bits per heavy atom. The Morgan fingerprint density at radius 3 is 2.40 bits per heavy atom. The Balaban J connectivity index is 1.63. The molecule has 7 nitrogen and oxygen atoms in total. The van der Waals surface area contributed by atoms with Gasteiger partial charge in [-0.2, -0.15) is 0 Å². The minimum Gasteiger partial charge on any atom is -0.388 e. The second-order valence-corrected chi connectivity index (χ2v) is 11.1. The molecule has 170 valence electrons. The first kappa shape index (κ1) is 20.3. The van der Waals surface area contributed by atoms with Crippen molar-refractivity contribution < 1.29 is 29.5 Å². The van der Waals surface area contributed by atoms with Gasteiger partial charge < -0.3 is 29.5 Å². The lowest BCUT2D eigenvalue weighted by Crippen LogP contribution is -2.83. The van der Waals surface area contributed by atoms with Gasteiger partial charge in [0.25, 0.3) is 0 Å². The fourth-order valence-corrected chi connectivity index (χ4v) is 10.3. The molecule has 5 aliphatic carbocycles. The predicted molar refractivity (Wildman–Crippen MR) is 108 cm³/mol. The van der Waals surface area contributed by atoms with Gasteiger partial charge in [-0.15, -0.1) is 0 Å². The van der Waals surface area contributed by atoms with Crippen LogP contribution >= 0.6 is 0 Å². The number of fused-ring (bicyclic) bond motifs is 2. The molecule has 5 saturated carbocycles. The van der Waals surface area contributed by atoms with Crippen molar-refractivity contribution in [2.24, 2.45) is 29.1 Å². The van der Waals surface area contributed by atoms with Crippen molar-refractivity contribution in [3.05, 3.63) is 0 Å². The number of likely N-dealkylation sites (N-methyl/N-ethyl adjacent to an activating group) is 1. The van der Waals surface area contributed by atoms with Gasteiger partial charge in [-0.25, -0.2) is 0 Å². The lowest BCUT2D eigenvalue weighted by Gasteiger charge is -2.70. The van der Waals surface area contributed by atoms with Crippen molar-refractivity contribution >= 4 is 0 Å². The van der Waals surface area contributed by atoms with E-state index in [9.17, 15) is 15.3 Å². The molecule has 0 aromatic rings. The summed E-state index contributed by atoms with van der Waals surface area (Å²) in [5, 5.41) is 36.8. The average Bonchev–Trinajstić information content (AvgIpc) is 3.16. The summed E-state index contributed by atoms with van der Waals surface area (Å²) in [4.78, 5) is 2.40. The molecule has 0 amide bonds. The van der Waals surface area contributed by atoms with Crippen LogP contribution in [0.25, 0.3) is 0 Å². The number of hydrogen-bond acceptors (Lipinski definition) is 7. The highest BCUT2D eigenvalue weighted by molar-refractivity contribution is 5.38. The van der Waals surface area contributed by atoms with E-state index < -0.39 is 22.9 Å². The summed E-state index contributed by atoms with van der Waals surface area (Å²) < 4.78 is 18.0. The van der Waals surface area contributed by atoms with Crippen LogP contribution in [0.2, 0.25) is 0 Å². The molecular weight excluding hydrogens is 386 g/mol. The maximum atomic E-state index is 12.4. The third-order valence-electron chi connectivity index (χ3n) is 10.9. The second kappa shape index (κ2) is 5.99. The van der Waals surface area contributed by atoms with Crippen molar-refractivity contribution in [1.29, 1.82) is 0 Å². The summed E-state index contributed by atoms with van der Waals surface area (Å²) in [7, 11) is 5.13. The average molecular weight is 424 g/mol. The normalized spacial score (nSPS) is 63.3. The Kier molecular flexibility index (Phi) is 4.06. The quantitative estimate of drug-likeness (QED) is 0.603. The van der Waals surface area contributed by atoms with Crippen molar-refractivity contribution in [1.82, 2.24) is 4.90 Å². The zero-order chi connectivity index (χ0) is 21.3. The van der Waals surface area contributed by atoms with Crippen LogP contribution in [0.4, 0.5) is 0 Å². The van der Waals surface area contributed by atoms with Gasteiger partial charge in [0, 0.05) is 63.5 Å². The lowest BCUT2D eigenvalue weighted by molar-refractivity contribution is -0.338. The summed E-state index contributed by atoms with van der Waals surface area (Å²) in [5.41, 5.74) is -3.81. The number of piperidine rings is 1. The highest BCUT2D eigenvalue weighted by Crippen LogP contribution is 2.78. The standard InChI is InChI=1S/C23H37NO6/c1-5-24-11-20(25)7-6-17(29-3)22-15(20)9-13(18(22)24)21(26)10-14(28-2)12-8-16(22)23(21,27)19(12)30-4/h12-19,25-27H,5-11H2,1-4H3/t12-,13+,14-,15+,16-,17?,18?,19?,20+,21-,22+,23-/m0/s1. The fourth-order valence-electron chi connectivity index (χ4n) is 10.3. The molecule has 6 aliphatic rings. The predicted octanol–water partition coefficient (Wildman–Crippen LogP) is 0.399. The molecular formula is C23H37NO6. The minimum absolute atomic E-state index is 0.0300. The molecule has 3 unspecified atom stereocenters. The van der Waals surface area contributed by atoms with Crippen LogP contribution < -0.4 is 0 Å². The number of likely N-dealkylation sites (tertiary alicyclic amines) is 1. The largest absolute Gasteiger partial charge is 0.388 e. The van der Waals surface area contributed by atoms with Crippen LogP contribution in [0.1, 0.15) is 39.0 Å². The van der Waals surface area contributed by atoms with Crippen LogP contribution in [0, 0.1) is 29.1 Å². The number of nitrogens with zero attached hydrogens (tertiary/aromatic N) is 1. The summed E-state index contributed by atoms with van der Waals surface area (Å²) >= 11 is 0. The van der Waals surface area contributed by atoms with E-state index in [0.29, 0.717) is 13.0 Å². The van der Waals surface area contributed by atoms with E-state index in [4.69, 9.17) is 14.2 Å². The van der Waals surface area contributed by atoms with Gasteiger partial charge in [0.1, 0.15) is 11.2 Å². The molecule has 6 rings (SSSR count). The molecule has 3 N–H and O–H groups in total. The molecule has 1 spiro atoms. The van der Waals surface area contributed by atoms with Gasteiger partial charge in [-0.3, -0.25) is 4.90 Å². The van der Waals surface area contributed by atoms with Crippen LogP contribution in [0.3, 0.4) is 0 Å². The van der Waals surface area contributed by atoms with E-state index in [1.165, 1.54) is 0 Å². The molecule has 1 heterocycles. The van der Waals surface area contributed by atoms with Crippen molar-refractivity contribution in [2.45, 2.75) is 80.2 Å². The second-order valence-electron chi connectivity index (χ2n) is 11.1. The molecule has 12 atom stereocenters. The first-order valence-electron chi connectivity index (χ1n) is 11.8. The van der Waals surface area contributed by atoms with E-state index in [-0.39, 0.29) is 47.3 Å². The van der Waals surface area contributed by atoms with E-state index >= 15 is 0 Å². The zero-order valence-electron chi connectivity index (χ0n) is 18.6. The Bertz CT molecular complexity index is 751. The minimum atomic E-state index is -1.34. The molecule has 0 aromatic carbocycles. The molecule has 30 heavy (non-hydrogen) atoms. The number of β-amino-alcohol motifs (C(OH)–C–C–N with tert-alkyl or cyclic N) is 1.